The highest BCUT2D eigenvalue weighted by atomic mass is 32.1. The number of nitrogens with zero attached hydrogens (tertiary/aromatic N) is 2. The van der Waals surface area contributed by atoms with Crippen molar-refractivity contribution in [3.05, 3.63) is 216 Å². The molecule has 2 aromatic heterocycles. The van der Waals surface area contributed by atoms with E-state index in [0.29, 0.717) is 0 Å². The van der Waals surface area contributed by atoms with Crippen molar-refractivity contribution in [1.82, 2.24) is 9.97 Å². The molecule has 9 aromatic carbocycles. The summed E-state index contributed by atoms with van der Waals surface area (Å²) in [5.41, 5.74) is 16.3. The summed E-state index contributed by atoms with van der Waals surface area (Å²) in [7, 11) is 0. The maximum absolute atomic E-state index is 5.62. The van der Waals surface area contributed by atoms with Gasteiger partial charge in [-0.2, -0.15) is 0 Å². The van der Waals surface area contributed by atoms with Crippen molar-refractivity contribution in [1.29, 1.82) is 0 Å². The Hall–Kier alpha value is -7.20. The Kier molecular flexibility index (Phi) is 6.56. The van der Waals surface area contributed by atoms with Gasteiger partial charge in [-0.1, -0.05) is 182 Å². The van der Waals surface area contributed by atoms with E-state index in [0.717, 1.165) is 38.2 Å². The molecule has 58 heavy (non-hydrogen) atoms. The predicted octanol–water partition coefficient (Wildman–Crippen LogP) is 14.5. The van der Waals surface area contributed by atoms with Crippen LogP contribution in [-0.4, -0.2) is 9.97 Å². The lowest BCUT2D eigenvalue weighted by atomic mass is 9.69. The third-order valence-corrected chi connectivity index (χ3v) is 13.8. The molecule has 0 N–H and O–H groups in total. The lowest BCUT2D eigenvalue weighted by molar-refractivity contribution is 0.802. The minimum Gasteiger partial charge on any atom is -0.226 e. The van der Waals surface area contributed by atoms with Crippen molar-refractivity contribution < 1.29 is 0 Å². The zero-order valence-corrected chi connectivity index (χ0v) is 32.1. The third-order valence-electron chi connectivity index (χ3n) is 12.7. The van der Waals surface area contributed by atoms with Gasteiger partial charge < -0.3 is 0 Å². The summed E-state index contributed by atoms with van der Waals surface area (Å²) in [6, 6.07) is 71.1. The van der Waals surface area contributed by atoms with E-state index in [1.165, 1.54) is 81.9 Å². The molecule has 268 valence electrons. The first-order valence-electron chi connectivity index (χ1n) is 19.9. The molecule has 2 heterocycles. The molecule has 0 radical (unpaired) electrons. The Morgan fingerprint density at radius 2 is 0.931 bits per heavy atom. The van der Waals surface area contributed by atoms with Gasteiger partial charge in [-0.3, -0.25) is 0 Å². The van der Waals surface area contributed by atoms with E-state index in [2.05, 4.69) is 194 Å². The smallest absolute Gasteiger partial charge is 0.161 e. The van der Waals surface area contributed by atoms with Gasteiger partial charge in [-0.15, -0.1) is 11.3 Å². The summed E-state index contributed by atoms with van der Waals surface area (Å²) in [5, 5.41) is 6.32. The van der Waals surface area contributed by atoms with Crippen molar-refractivity contribution >= 4 is 53.2 Å². The monoisotopic (exact) mass is 752 g/mol. The Morgan fingerprint density at radius 1 is 0.379 bits per heavy atom. The van der Waals surface area contributed by atoms with Crippen molar-refractivity contribution in [3.8, 4) is 56.0 Å². The van der Waals surface area contributed by atoms with E-state index in [-0.39, 0.29) is 0 Å². The van der Waals surface area contributed by atoms with Gasteiger partial charge in [0, 0.05) is 21.2 Å². The summed E-state index contributed by atoms with van der Waals surface area (Å²) < 4.78 is 2.32. The van der Waals surface area contributed by atoms with Crippen LogP contribution in [0.1, 0.15) is 22.3 Å². The van der Waals surface area contributed by atoms with Gasteiger partial charge in [0.15, 0.2) is 5.82 Å². The Balaban J connectivity index is 1.14. The Bertz CT molecular complexity index is 3530. The molecule has 1 atom stereocenters. The fourth-order valence-electron chi connectivity index (χ4n) is 10.4. The van der Waals surface area contributed by atoms with Crippen LogP contribution in [0.5, 0.6) is 0 Å². The second-order valence-electron chi connectivity index (χ2n) is 15.5. The van der Waals surface area contributed by atoms with Crippen LogP contribution in [0.2, 0.25) is 0 Å². The molecule has 0 amide bonds. The number of rotatable bonds is 3. The van der Waals surface area contributed by atoms with E-state index in [9.17, 15) is 0 Å². The van der Waals surface area contributed by atoms with Crippen molar-refractivity contribution in [3.63, 3.8) is 0 Å². The first kappa shape index (κ1) is 31.9. The molecule has 1 spiro atoms. The number of hydrogen-bond donors (Lipinski definition) is 0. The zero-order valence-electron chi connectivity index (χ0n) is 31.3. The lowest BCUT2D eigenvalue weighted by Crippen LogP contribution is -2.26. The average molecular weight is 753 g/mol. The molecule has 0 bridgehead atoms. The highest BCUT2D eigenvalue weighted by Crippen LogP contribution is 2.66. The largest absolute Gasteiger partial charge is 0.226 e. The minimum atomic E-state index is -0.538. The summed E-state index contributed by atoms with van der Waals surface area (Å²) in [6.07, 6.45) is 0. The topological polar surface area (TPSA) is 25.8 Å². The van der Waals surface area contributed by atoms with Crippen LogP contribution in [0.4, 0.5) is 0 Å². The fourth-order valence-corrected chi connectivity index (χ4v) is 11.6. The molecule has 11 aromatic rings. The molecule has 0 saturated carbocycles. The molecule has 13 rings (SSSR count). The van der Waals surface area contributed by atoms with Crippen LogP contribution in [0.3, 0.4) is 0 Å². The molecule has 2 aliphatic rings. The maximum Gasteiger partial charge on any atom is 0.161 e. The molecule has 0 fully saturated rings. The van der Waals surface area contributed by atoms with E-state index < -0.39 is 5.41 Å². The highest BCUT2D eigenvalue weighted by Gasteiger charge is 2.53. The van der Waals surface area contributed by atoms with Gasteiger partial charge in [-0.05, 0) is 89.3 Å². The van der Waals surface area contributed by atoms with Crippen LogP contribution in [-0.2, 0) is 5.41 Å². The first-order valence-corrected chi connectivity index (χ1v) is 20.7. The standard InChI is InChI=1S/C55H32N2S/c1-2-16-33(17-3-1)34-18-14-19-35(32-34)51-53-52(42-26-10-13-31-47(42)58-53)57-54(56-51)43-27-15-30-46-48(43)40-24-8-11-28-44(40)55(46)45-29-12-9-25-41(45)49-38-22-6-4-20-36(38)37-21-5-7-23-39(37)50(49)55/h1-32H. The van der Waals surface area contributed by atoms with E-state index in [4.69, 9.17) is 9.97 Å². The van der Waals surface area contributed by atoms with Crippen LogP contribution in [0.15, 0.2) is 194 Å². The summed E-state index contributed by atoms with van der Waals surface area (Å²) >= 11 is 1.78. The van der Waals surface area contributed by atoms with E-state index in [1.807, 2.05) is 0 Å². The minimum absolute atomic E-state index is 0.538. The van der Waals surface area contributed by atoms with E-state index >= 15 is 0 Å². The highest BCUT2D eigenvalue weighted by molar-refractivity contribution is 7.26. The third kappa shape index (κ3) is 4.16. The molecule has 2 aliphatic carbocycles. The van der Waals surface area contributed by atoms with Crippen molar-refractivity contribution in [2.24, 2.45) is 0 Å². The van der Waals surface area contributed by atoms with Crippen LogP contribution in [0.25, 0.3) is 97.9 Å². The number of benzene rings is 9. The molecule has 1 unspecified atom stereocenters. The van der Waals surface area contributed by atoms with Crippen LogP contribution >= 0.6 is 11.3 Å². The maximum atomic E-state index is 5.62. The van der Waals surface area contributed by atoms with Crippen LogP contribution in [0, 0.1) is 0 Å². The van der Waals surface area contributed by atoms with Crippen molar-refractivity contribution in [2.45, 2.75) is 5.41 Å². The molecule has 0 saturated heterocycles. The zero-order chi connectivity index (χ0) is 38.0. The average Bonchev–Trinajstić information content (AvgIpc) is 3.94. The molecular formula is C55H32N2S. The number of aromatic nitrogens is 2. The fraction of sp³-hybridized carbons (Fsp3) is 0.0182. The number of hydrogen-bond acceptors (Lipinski definition) is 3. The summed E-state index contributed by atoms with van der Waals surface area (Å²) in [6.45, 7) is 0. The number of thiophene rings is 1. The lowest BCUT2D eigenvalue weighted by Gasteiger charge is -2.32. The van der Waals surface area contributed by atoms with Crippen molar-refractivity contribution in [2.75, 3.05) is 0 Å². The Morgan fingerprint density at radius 3 is 1.72 bits per heavy atom. The normalized spacial score (nSPS) is 15.0. The quantitative estimate of drug-likeness (QED) is 0.168. The van der Waals surface area contributed by atoms with Gasteiger partial charge in [0.1, 0.15) is 0 Å². The van der Waals surface area contributed by atoms with Gasteiger partial charge in [0.25, 0.3) is 0 Å². The molecular weight excluding hydrogens is 721 g/mol. The van der Waals surface area contributed by atoms with Gasteiger partial charge in [0.2, 0.25) is 0 Å². The van der Waals surface area contributed by atoms with Gasteiger partial charge in [0.05, 0.1) is 21.3 Å². The SMILES string of the molecule is c1ccc(-c2cccc(-c3nc(-c4cccc5c4-c4ccccc4C54c5ccccc5-c5c4c4ccccc4c4ccccc54)nc4c3sc3ccccc34)c2)cc1. The second-order valence-corrected chi connectivity index (χ2v) is 16.6. The second kappa shape index (κ2) is 11.9. The van der Waals surface area contributed by atoms with E-state index in [1.54, 1.807) is 11.3 Å². The number of fused-ring (bicyclic) bond motifs is 18. The molecule has 2 nitrogen and oxygen atoms in total. The Labute approximate surface area is 339 Å². The predicted molar refractivity (Wildman–Crippen MR) is 243 cm³/mol. The van der Waals surface area contributed by atoms with Crippen LogP contribution < -0.4 is 0 Å². The summed E-state index contributed by atoms with van der Waals surface area (Å²) in [5.74, 6) is 0.745. The first-order chi connectivity index (χ1) is 28.8. The molecule has 3 heteroatoms. The van der Waals surface area contributed by atoms with Gasteiger partial charge in [-0.25, -0.2) is 9.97 Å². The summed E-state index contributed by atoms with van der Waals surface area (Å²) in [4.78, 5) is 11.2. The van der Waals surface area contributed by atoms with Gasteiger partial charge >= 0.3 is 0 Å². The molecule has 0 aliphatic heterocycles.